The second-order valence-corrected chi connectivity index (χ2v) is 5.15. The number of halogens is 2. The fraction of sp³-hybridized carbons (Fsp3) is 0.286. The molecule has 110 valence electrons. The summed E-state index contributed by atoms with van der Waals surface area (Å²) in [5, 5.41) is 0.0785. The molecular formula is C14H12ClFN2O3. The van der Waals surface area contributed by atoms with E-state index in [-0.39, 0.29) is 16.5 Å². The van der Waals surface area contributed by atoms with Gasteiger partial charge in [0.25, 0.3) is 5.91 Å². The maximum Gasteiger partial charge on any atom is 0.336 e. The third-order valence-corrected chi connectivity index (χ3v) is 3.82. The van der Waals surface area contributed by atoms with Crippen LogP contribution in [0.4, 0.5) is 14.9 Å². The van der Waals surface area contributed by atoms with Gasteiger partial charge in [-0.3, -0.25) is 9.69 Å². The van der Waals surface area contributed by atoms with Gasteiger partial charge in [0.15, 0.2) is 0 Å². The second kappa shape index (κ2) is 5.04. The molecule has 2 heterocycles. The van der Waals surface area contributed by atoms with Gasteiger partial charge in [-0.05, 0) is 18.9 Å². The van der Waals surface area contributed by atoms with Crippen molar-refractivity contribution in [2.24, 2.45) is 0 Å². The number of hydrogen-bond donors (Lipinski definition) is 0. The van der Waals surface area contributed by atoms with Crippen molar-refractivity contribution in [1.82, 2.24) is 4.90 Å². The van der Waals surface area contributed by atoms with Crippen LogP contribution in [0.1, 0.15) is 12.8 Å². The Balaban J connectivity index is 2.09. The van der Waals surface area contributed by atoms with Gasteiger partial charge in [0.05, 0.1) is 17.8 Å². The second-order valence-electron chi connectivity index (χ2n) is 4.74. The van der Waals surface area contributed by atoms with E-state index in [1.54, 1.807) is 6.08 Å². The van der Waals surface area contributed by atoms with Crippen molar-refractivity contribution < 1.29 is 18.7 Å². The van der Waals surface area contributed by atoms with Crippen LogP contribution in [0.2, 0.25) is 5.02 Å². The summed E-state index contributed by atoms with van der Waals surface area (Å²) >= 11 is 5.83. The summed E-state index contributed by atoms with van der Waals surface area (Å²) in [5.74, 6) is -1.07. The van der Waals surface area contributed by atoms with Crippen molar-refractivity contribution in [1.29, 1.82) is 0 Å². The van der Waals surface area contributed by atoms with Crippen LogP contribution in [-0.2, 0) is 4.79 Å². The van der Waals surface area contributed by atoms with Gasteiger partial charge in [-0.15, -0.1) is 0 Å². The summed E-state index contributed by atoms with van der Waals surface area (Å²) in [4.78, 5) is 26.9. The lowest BCUT2D eigenvalue weighted by atomic mass is 10.2. The van der Waals surface area contributed by atoms with Gasteiger partial charge in [0.2, 0.25) is 0 Å². The van der Waals surface area contributed by atoms with E-state index < -0.39 is 17.8 Å². The smallest absolute Gasteiger partial charge is 0.336 e. The Bertz CT molecular complexity index is 674. The van der Waals surface area contributed by atoms with Crippen LogP contribution in [0.15, 0.2) is 23.9 Å². The number of nitrogens with zero attached hydrogens (tertiary/aromatic N) is 2. The van der Waals surface area contributed by atoms with Crippen LogP contribution in [0, 0.1) is 5.82 Å². The fourth-order valence-corrected chi connectivity index (χ4v) is 2.73. The first-order valence-corrected chi connectivity index (χ1v) is 6.81. The van der Waals surface area contributed by atoms with Gasteiger partial charge in [-0.25, -0.2) is 14.1 Å². The molecule has 3 rings (SSSR count). The van der Waals surface area contributed by atoms with E-state index >= 15 is 0 Å². The predicted octanol–water partition coefficient (Wildman–Crippen LogP) is 2.93. The first-order chi connectivity index (χ1) is 10.0. The van der Waals surface area contributed by atoms with Crippen LogP contribution < -0.4 is 9.64 Å². The molecule has 2 aliphatic heterocycles. The molecule has 1 aromatic rings. The minimum Gasteiger partial charge on any atom is -0.495 e. The molecule has 3 amide bonds. The molecule has 0 aliphatic carbocycles. The van der Waals surface area contributed by atoms with E-state index in [1.165, 1.54) is 18.1 Å². The van der Waals surface area contributed by atoms with Gasteiger partial charge in [-0.2, -0.15) is 0 Å². The highest BCUT2D eigenvalue weighted by atomic mass is 35.5. The molecule has 0 saturated carbocycles. The van der Waals surface area contributed by atoms with Gasteiger partial charge >= 0.3 is 6.03 Å². The molecule has 0 N–H and O–H groups in total. The number of carbonyl (C=O) groups excluding carboxylic acids is 2. The highest BCUT2D eigenvalue weighted by Gasteiger charge is 2.43. The summed E-state index contributed by atoms with van der Waals surface area (Å²) in [6, 6.07) is 1.74. The van der Waals surface area contributed by atoms with Gasteiger partial charge in [0, 0.05) is 12.6 Å². The Labute approximate surface area is 125 Å². The molecule has 0 bridgehead atoms. The minimum atomic E-state index is -0.747. The zero-order chi connectivity index (χ0) is 15.1. The quantitative estimate of drug-likeness (QED) is 0.789. The maximum absolute atomic E-state index is 14.1. The number of methoxy groups -OCH3 is 1. The number of hydrogen-bond acceptors (Lipinski definition) is 3. The molecule has 2 aliphatic rings. The molecule has 0 atom stereocenters. The van der Waals surface area contributed by atoms with Crippen molar-refractivity contribution >= 4 is 29.2 Å². The average Bonchev–Trinajstić information content (AvgIpc) is 2.72. The van der Waals surface area contributed by atoms with E-state index in [9.17, 15) is 14.0 Å². The topological polar surface area (TPSA) is 49.9 Å². The van der Waals surface area contributed by atoms with Crippen LogP contribution >= 0.6 is 11.6 Å². The Morgan fingerprint density at radius 1 is 1.33 bits per heavy atom. The average molecular weight is 311 g/mol. The molecule has 21 heavy (non-hydrogen) atoms. The number of rotatable bonds is 2. The largest absolute Gasteiger partial charge is 0.495 e. The summed E-state index contributed by atoms with van der Waals surface area (Å²) in [6.45, 7) is 0.458. The Morgan fingerprint density at radius 3 is 2.76 bits per heavy atom. The highest BCUT2D eigenvalue weighted by Crippen LogP contribution is 2.36. The summed E-state index contributed by atoms with van der Waals surface area (Å²) in [6.07, 6.45) is 3.21. The normalized spacial score (nSPS) is 18.0. The number of imide groups is 1. The predicted molar refractivity (Wildman–Crippen MR) is 74.9 cm³/mol. The van der Waals surface area contributed by atoms with E-state index in [2.05, 4.69) is 0 Å². The van der Waals surface area contributed by atoms with Crippen molar-refractivity contribution in [2.75, 3.05) is 18.6 Å². The molecular weight excluding hydrogens is 299 g/mol. The zero-order valence-corrected chi connectivity index (χ0v) is 12.0. The van der Waals surface area contributed by atoms with Crippen molar-refractivity contribution in [3.63, 3.8) is 0 Å². The van der Waals surface area contributed by atoms with E-state index in [0.717, 1.165) is 23.8 Å². The zero-order valence-electron chi connectivity index (χ0n) is 11.2. The van der Waals surface area contributed by atoms with Crippen molar-refractivity contribution in [2.45, 2.75) is 12.8 Å². The van der Waals surface area contributed by atoms with Crippen molar-refractivity contribution in [3.05, 3.63) is 34.7 Å². The number of carbonyl (C=O) groups is 2. The number of urea groups is 1. The number of amides is 3. The first kappa shape index (κ1) is 13.9. The molecule has 1 aromatic carbocycles. The maximum atomic E-state index is 14.1. The lowest BCUT2D eigenvalue weighted by molar-refractivity contribution is -0.114. The summed E-state index contributed by atoms with van der Waals surface area (Å²) < 4.78 is 19.1. The Hall–Kier alpha value is -2.08. The molecule has 0 radical (unpaired) electrons. The first-order valence-electron chi connectivity index (χ1n) is 6.43. The van der Waals surface area contributed by atoms with Crippen molar-refractivity contribution in [3.8, 4) is 5.75 Å². The van der Waals surface area contributed by atoms with E-state index in [4.69, 9.17) is 16.3 Å². The van der Waals surface area contributed by atoms with Crippen LogP contribution in [0.25, 0.3) is 0 Å². The van der Waals surface area contributed by atoms with E-state index in [0.29, 0.717) is 12.2 Å². The van der Waals surface area contributed by atoms with Crippen LogP contribution in [0.3, 0.4) is 0 Å². The van der Waals surface area contributed by atoms with E-state index in [1.807, 2.05) is 0 Å². The van der Waals surface area contributed by atoms with Crippen LogP contribution in [0.5, 0.6) is 5.75 Å². The number of allylic oxidation sites excluding steroid dienone is 1. The standard InChI is InChI=1S/C14H12ClFN2O3/c1-21-12-7-11(9(16)6-8(12)15)18-13(19)10-4-2-3-5-17(10)14(18)20/h4,6-7H,2-3,5H2,1H3. The van der Waals surface area contributed by atoms with Gasteiger partial charge in [-0.1, -0.05) is 17.7 Å². The van der Waals surface area contributed by atoms with Gasteiger partial charge in [0.1, 0.15) is 17.3 Å². The molecule has 1 saturated heterocycles. The lowest BCUT2D eigenvalue weighted by Gasteiger charge is -2.19. The molecule has 5 nitrogen and oxygen atoms in total. The third kappa shape index (κ3) is 2.06. The Morgan fingerprint density at radius 2 is 2.10 bits per heavy atom. The number of ether oxygens (including phenoxy) is 1. The van der Waals surface area contributed by atoms with Crippen LogP contribution in [-0.4, -0.2) is 30.5 Å². The molecule has 7 heteroatoms. The summed E-state index contributed by atoms with van der Waals surface area (Å²) in [7, 11) is 1.38. The van der Waals surface area contributed by atoms with Gasteiger partial charge < -0.3 is 4.74 Å². The summed E-state index contributed by atoms with van der Waals surface area (Å²) in [5.41, 5.74) is 0.154. The Kier molecular flexibility index (Phi) is 3.33. The SMILES string of the molecule is COc1cc(N2C(=O)C3=CCCCN3C2=O)c(F)cc1Cl. The molecule has 0 spiro atoms. The molecule has 0 unspecified atom stereocenters. The number of fused-ring (bicyclic) bond motifs is 1. The highest BCUT2D eigenvalue weighted by molar-refractivity contribution is 6.32. The molecule has 1 fully saturated rings. The fourth-order valence-electron chi connectivity index (χ4n) is 2.50. The number of benzene rings is 1. The molecule has 0 aromatic heterocycles. The third-order valence-electron chi connectivity index (χ3n) is 3.52. The number of anilines is 1. The monoisotopic (exact) mass is 310 g/mol. The lowest BCUT2D eigenvalue weighted by Crippen LogP contribution is -2.34. The minimum absolute atomic E-state index is 0.0785.